The zero-order chi connectivity index (χ0) is 13.2. The molecular formula is C9H10F3NO3S. The van der Waals surface area contributed by atoms with Crippen LogP contribution in [0.3, 0.4) is 0 Å². The van der Waals surface area contributed by atoms with Crippen molar-refractivity contribution in [3.05, 3.63) is 23.5 Å². The lowest BCUT2D eigenvalue weighted by atomic mass is 10.2. The molecule has 0 saturated heterocycles. The molecule has 0 amide bonds. The van der Waals surface area contributed by atoms with Gasteiger partial charge in [-0.25, -0.2) is 12.8 Å². The maximum atomic E-state index is 13.3. The highest BCUT2D eigenvalue weighted by molar-refractivity contribution is 7.92. The number of rotatable bonds is 4. The van der Waals surface area contributed by atoms with Gasteiger partial charge in [0.25, 0.3) is 0 Å². The van der Waals surface area contributed by atoms with Crippen molar-refractivity contribution in [1.82, 2.24) is 0 Å². The average Bonchev–Trinajstić information content (AvgIpc) is 2.15. The lowest BCUT2D eigenvalue weighted by Crippen LogP contribution is -2.14. The Hall–Kier alpha value is -1.44. The first kappa shape index (κ1) is 13.6. The van der Waals surface area contributed by atoms with Crippen LogP contribution in [0.2, 0.25) is 0 Å². The molecule has 0 fully saturated rings. The van der Waals surface area contributed by atoms with Gasteiger partial charge in [0.2, 0.25) is 10.0 Å². The second kappa shape index (κ2) is 4.82. The summed E-state index contributed by atoms with van der Waals surface area (Å²) < 4.78 is 65.4. The molecule has 0 unspecified atom stereocenters. The Morgan fingerprint density at radius 2 is 1.94 bits per heavy atom. The van der Waals surface area contributed by atoms with Gasteiger partial charge in [-0.2, -0.15) is 8.78 Å². The Labute approximate surface area is 96.4 Å². The van der Waals surface area contributed by atoms with Crippen LogP contribution in [0.1, 0.15) is 5.56 Å². The monoisotopic (exact) mass is 269 g/mol. The van der Waals surface area contributed by atoms with Gasteiger partial charge in [0.1, 0.15) is 0 Å². The van der Waals surface area contributed by atoms with E-state index in [4.69, 9.17) is 0 Å². The molecular weight excluding hydrogens is 259 g/mol. The quantitative estimate of drug-likeness (QED) is 0.910. The van der Waals surface area contributed by atoms with E-state index in [9.17, 15) is 21.6 Å². The Kier molecular flexibility index (Phi) is 3.87. The third-order valence-electron chi connectivity index (χ3n) is 1.81. The van der Waals surface area contributed by atoms with Crippen molar-refractivity contribution in [2.45, 2.75) is 13.5 Å². The van der Waals surface area contributed by atoms with Crippen LogP contribution in [-0.4, -0.2) is 21.3 Å². The van der Waals surface area contributed by atoms with Crippen LogP contribution in [0.25, 0.3) is 0 Å². The number of hydrogen-bond acceptors (Lipinski definition) is 3. The lowest BCUT2D eigenvalue weighted by Gasteiger charge is -2.14. The fourth-order valence-electron chi connectivity index (χ4n) is 1.17. The van der Waals surface area contributed by atoms with Gasteiger partial charge < -0.3 is 4.74 Å². The van der Waals surface area contributed by atoms with E-state index in [2.05, 4.69) is 4.74 Å². The van der Waals surface area contributed by atoms with Crippen LogP contribution >= 0.6 is 0 Å². The summed E-state index contributed by atoms with van der Waals surface area (Å²) in [6.07, 6.45) is 0.823. The molecule has 0 aliphatic rings. The third kappa shape index (κ3) is 3.81. The number of sulfonamides is 1. The maximum absolute atomic E-state index is 13.3. The summed E-state index contributed by atoms with van der Waals surface area (Å²) >= 11 is 0. The molecule has 4 nitrogen and oxygen atoms in total. The third-order valence-corrected chi connectivity index (χ3v) is 2.39. The van der Waals surface area contributed by atoms with E-state index in [1.165, 1.54) is 13.0 Å². The minimum Gasteiger partial charge on any atom is -0.429 e. The topological polar surface area (TPSA) is 55.4 Å². The van der Waals surface area contributed by atoms with Crippen molar-refractivity contribution in [2.24, 2.45) is 0 Å². The van der Waals surface area contributed by atoms with Crippen LogP contribution in [-0.2, 0) is 10.0 Å². The van der Waals surface area contributed by atoms with E-state index in [1.54, 1.807) is 0 Å². The molecule has 0 saturated carbocycles. The van der Waals surface area contributed by atoms with E-state index in [0.29, 0.717) is 0 Å². The molecule has 0 heterocycles. The predicted molar refractivity (Wildman–Crippen MR) is 56.2 cm³/mol. The van der Waals surface area contributed by atoms with Crippen molar-refractivity contribution >= 4 is 15.7 Å². The van der Waals surface area contributed by atoms with Crippen LogP contribution in [0.5, 0.6) is 5.75 Å². The molecule has 1 aromatic carbocycles. The molecule has 0 aliphatic heterocycles. The first-order valence-corrected chi connectivity index (χ1v) is 6.31. The van der Waals surface area contributed by atoms with Gasteiger partial charge in [0.15, 0.2) is 11.6 Å². The number of ether oxygens (including phenoxy) is 1. The van der Waals surface area contributed by atoms with E-state index < -0.39 is 28.2 Å². The molecule has 96 valence electrons. The SMILES string of the molecule is Cc1ccc(F)c(OC(F)F)c1NS(C)(=O)=O. The van der Waals surface area contributed by atoms with E-state index >= 15 is 0 Å². The molecule has 8 heteroatoms. The number of anilines is 1. The van der Waals surface area contributed by atoms with Gasteiger partial charge in [-0.15, -0.1) is 0 Å². The maximum Gasteiger partial charge on any atom is 0.387 e. The normalized spacial score (nSPS) is 11.6. The highest BCUT2D eigenvalue weighted by Gasteiger charge is 2.19. The summed E-state index contributed by atoms with van der Waals surface area (Å²) in [6.45, 7) is -1.81. The fourth-order valence-corrected chi connectivity index (χ4v) is 1.80. The average molecular weight is 269 g/mol. The molecule has 1 N–H and O–H groups in total. The highest BCUT2D eigenvalue weighted by Crippen LogP contribution is 2.33. The molecule has 0 radical (unpaired) electrons. The van der Waals surface area contributed by atoms with Crippen LogP contribution in [0.4, 0.5) is 18.9 Å². The molecule has 1 rings (SSSR count). The minimum atomic E-state index is -3.72. The Morgan fingerprint density at radius 1 is 1.35 bits per heavy atom. The number of nitrogens with one attached hydrogen (secondary N) is 1. The van der Waals surface area contributed by atoms with Crippen LogP contribution in [0.15, 0.2) is 12.1 Å². The zero-order valence-electron chi connectivity index (χ0n) is 9.00. The summed E-state index contributed by atoms with van der Waals surface area (Å²) in [5.41, 5.74) is -0.0553. The van der Waals surface area contributed by atoms with E-state index in [-0.39, 0.29) is 11.3 Å². The zero-order valence-corrected chi connectivity index (χ0v) is 9.82. The number of halogens is 3. The van der Waals surface area contributed by atoms with Gasteiger partial charge in [-0.3, -0.25) is 4.72 Å². The number of hydrogen-bond donors (Lipinski definition) is 1. The summed E-state index contributed by atoms with van der Waals surface area (Å²) in [6, 6.07) is 2.17. The highest BCUT2D eigenvalue weighted by atomic mass is 32.2. The fraction of sp³-hybridized carbons (Fsp3) is 0.333. The molecule has 0 aliphatic carbocycles. The minimum absolute atomic E-state index is 0.271. The van der Waals surface area contributed by atoms with E-state index in [1.807, 2.05) is 4.72 Å². The first-order valence-electron chi connectivity index (χ1n) is 4.42. The van der Waals surface area contributed by atoms with Gasteiger partial charge in [0.05, 0.1) is 11.9 Å². The second-order valence-electron chi connectivity index (χ2n) is 3.32. The number of aryl methyl sites for hydroxylation is 1. The van der Waals surface area contributed by atoms with E-state index in [0.717, 1.165) is 12.3 Å². The smallest absolute Gasteiger partial charge is 0.387 e. The number of alkyl halides is 2. The van der Waals surface area contributed by atoms with Gasteiger partial charge in [-0.05, 0) is 18.6 Å². The Bertz CT molecular complexity index is 516. The molecule has 1 aromatic rings. The van der Waals surface area contributed by atoms with Crippen LogP contribution in [0, 0.1) is 12.7 Å². The van der Waals surface area contributed by atoms with Crippen molar-refractivity contribution in [1.29, 1.82) is 0 Å². The largest absolute Gasteiger partial charge is 0.429 e. The molecule has 0 atom stereocenters. The molecule has 0 spiro atoms. The Morgan fingerprint density at radius 3 is 2.41 bits per heavy atom. The van der Waals surface area contributed by atoms with Crippen molar-refractivity contribution in [2.75, 3.05) is 11.0 Å². The summed E-state index contributed by atoms with van der Waals surface area (Å²) in [7, 11) is -3.72. The number of benzene rings is 1. The molecule has 0 aromatic heterocycles. The lowest BCUT2D eigenvalue weighted by molar-refractivity contribution is -0.0516. The summed E-state index contributed by atoms with van der Waals surface area (Å²) in [5, 5.41) is 0. The summed E-state index contributed by atoms with van der Waals surface area (Å²) in [4.78, 5) is 0. The predicted octanol–water partition coefficient (Wildman–Crippen LogP) is 2.11. The Balaban J connectivity index is 3.29. The van der Waals surface area contributed by atoms with Gasteiger partial charge in [0, 0.05) is 0 Å². The van der Waals surface area contributed by atoms with Gasteiger partial charge >= 0.3 is 6.61 Å². The van der Waals surface area contributed by atoms with Crippen LogP contribution < -0.4 is 9.46 Å². The summed E-state index contributed by atoms with van der Waals surface area (Å²) in [5.74, 6) is -1.88. The first-order chi connectivity index (χ1) is 7.70. The van der Waals surface area contributed by atoms with Crippen molar-refractivity contribution < 1.29 is 26.3 Å². The second-order valence-corrected chi connectivity index (χ2v) is 5.07. The molecule has 0 bridgehead atoms. The standard InChI is InChI=1S/C9H10F3NO3S/c1-5-3-4-6(10)8(16-9(11)12)7(5)13-17(2,14)15/h3-4,9,13H,1-2H3. The molecule has 17 heavy (non-hydrogen) atoms. The van der Waals surface area contributed by atoms with Gasteiger partial charge in [-0.1, -0.05) is 6.07 Å². The van der Waals surface area contributed by atoms with Crippen molar-refractivity contribution in [3.8, 4) is 5.75 Å². The van der Waals surface area contributed by atoms with Crippen molar-refractivity contribution in [3.63, 3.8) is 0 Å².